The molecule has 1 atom stereocenters. The van der Waals surface area contributed by atoms with Gasteiger partial charge in [0.05, 0.1) is 17.2 Å². The second-order valence-corrected chi connectivity index (χ2v) is 4.56. The molecule has 17 heavy (non-hydrogen) atoms. The highest BCUT2D eigenvalue weighted by Crippen LogP contribution is 2.36. The number of hydrogen-bond donors (Lipinski definition) is 2. The molecule has 96 valence electrons. The lowest BCUT2D eigenvalue weighted by molar-refractivity contribution is 0.119. The summed E-state index contributed by atoms with van der Waals surface area (Å²) in [5.74, 6) is 1.24. The number of halogens is 1. The molecule has 0 heterocycles. The number of rotatable bonds is 6. The third-order valence-electron chi connectivity index (χ3n) is 2.07. The van der Waals surface area contributed by atoms with Crippen molar-refractivity contribution in [2.75, 3.05) is 13.2 Å². The lowest BCUT2D eigenvalue weighted by atomic mass is 10.2. The smallest absolute Gasteiger partial charge is 0.175 e. The van der Waals surface area contributed by atoms with Crippen LogP contribution in [-0.2, 0) is 6.54 Å². The number of aliphatic hydroxyl groups is 1. The van der Waals surface area contributed by atoms with Crippen LogP contribution in [0.25, 0.3) is 0 Å². The zero-order valence-electron chi connectivity index (χ0n) is 10.1. The Morgan fingerprint density at radius 2 is 2.12 bits per heavy atom. The van der Waals surface area contributed by atoms with E-state index in [1.54, 1.807) is 6.92 Å². The Labute approximate surface area is 110 Å². The molecule has 0 aliphatic carbocycles. The Morgan fingerprint density at radius 3 is 2.65 bits per heavy atom. The van der Waals surface area contributed by atoms with Gasteiger partial charge in [-0.05, 0) is 47.5 Å². The molecule has 0 amide bonds. The van der Waals surface area contributed by atoms with E-state index in [0.717, 1.165) is 10.0 Å². The minimum atomic E-state index is -0.523. The second kappa shape index (κ2) is 6.83. The summed E-state index contributed by atoms with van der Waals surface area (Å²) in [6, 6.07) is 3.74. The quantitative estimate of drug-likeness (QED) is 0.844. The van der Waals surface area contributed by atoms with E-state index in [2.05, 4.69) is 15.9 Å². The van der Waals surface area contributed by atoms with Gasteiger partial charge < -0.3 is 20.3 Å². The Kier molecular flexibility index (Phi) is 5.74. The zero-order valence-corrected chi connectivity index (χ0v) is 11.7. The standard InChI is InChI=1S/C12H18BrNO3/c1-3-16-11-5-9(6-14)4-10(13)12(11)17-7-8(2)15/h4-5,8,15H,3,6-7,14H2,1-2H3. The molecule has 3 N–H and O–H groups in total. The largest absolute Gasteiger partial charge is 0.490 e. The molecule has 0 saturated heterocycles. The predicted molar refractivity (Wildman–Crippen MR) is 70.4 cm³/mol. The summed E-state index contributed by atoms with van der Waals surface area (Å²) in [7, 11) is 0. The summed E-state index contributed by atoms with van der Waals surface area (Å²) in [4.78, 5) is 0. The summed E-state index contributed by atoms with van der Waals surface area (Å²) in [6.45, 7) is 4.78. The van der Waals surface area contributed by atoms with E-state index in [9.17, 15) is 5.11 Å². The average Bonchev–Trinajstić information content (AvgIpc) is 2.27. The van der Waals surface area contributed by atoms with Gasteiger partial charge in [-0.1, -0.05) is 0 Å². The van der Waals surface area contributed by atoms with Crippen LogP contribution in [0.1, 0.15) is 19.4 Å². The van der Waals surface area contributed by atoms with Crippen molar-refractivity contribution in [3.63, 3.8) is 0 Å². The topological polar surface area (TPSA) is 64.7 Å². The molecule has 0 aliphatic heterocycles. The van der Waals surface area contributed by atoms with Crippen molar-refractivity contribution < 1.29 is 14.6 Å². The van der Waals surface area contributed by atoms with E-state index >= 15 is 0 Å². The van der Waals surface area contributed by atoms with Crippen molar-refractivity contribution in [2.45, 2.75) is 26.5 Å². The van der Waals surface area contributed by atoms with Crippen LogP contribution >= 0.6 is 15.9 Å². The summed E-state index contributed by atoms with van der Waals surface area (Å²) in [5.41, 5.74) is 6.56. The van der Waals surface area contributed by atoms with Gasteiger partial charge in [0.25, 0.3) is 0 Å². The maximum Gasteiger partial charge on any atom is 0.175 e. The molecular formula is C12H18BrNO3. The van der Waals surface area contributed by atoms with Crippen molar-refractivity contribution >= 4 is 15.9 Å². The fourth-order valence-corrected chi connectivity index (χ4v) is 1.95. The molecule has 1 rings (SSSR count). The molecule has 1 aromatic rings. The summed E-state index contributed by atoms with van der Waals surface area (Å²) in [6.07, 6.45) is -0.523. The molecule has 5 heteroatoms. The number of hydrogen-bond acceptors (Lipinski definition) is 4. The molecule has 4 nitrogen and oxygen atoms in total. The van der Waals surface area contributed by atoms with E-state index in [4.69, 9.17) is 15.2 Å². The molecule has 0 saturated carbocycles. The number of ether oxygens (including phenoxy) is 2. The Balaban J connectivity index is 2.98. The SMILES string of the molecule is CCOc1cc(CN)cc(Br)c1OCC(C)O. The van der Waals surface area contributed by atoms with Crippen molar-refractivity contribution in [3.8, 4) is 11.5 Å². The maximum absolute atomic E-state index is 9.23. The van der Waals surface area contributed by atoms with E-state index < -0.39 is 6.10 Å². The monoisotopic (exact) mass is 303 g/mol. The molecule has 0 bridgehead atoms. The molecule has 1 aromatic carbocycles. The third-order valence-corrected chi connectivity index (χ3v) is 2.66. The normalized spacial score (nSPS) is 12.3. The molecule has 0 spiro atoms. The third kappa shape index (κ3) is 4.18. The van der Waals surface area contributed by atoms with Crippen LogP contribution in [0.4, 0.5) is 0 Å². The van der Waals surface area contributed by atoms with Crippen molar-refractivity contribution in [2.24, 2.45) is 5.73 Å². The van der Waals surface area contributed by atoms with Gasteiger partial charge in [0.15, 0.2) is 11.5 Å². The van der Waals surface area contributed by atoms with Gasteiger partial charge in [0.1, 0.15) is 6.61 Å². The summed E-state index contributed by atoms with van der Waals surface area (Å²) in [5, 5.41) is 9.23. The van der Waals surface area contributed by atoms with Crippen molar-refractivity contribution in [3.05, 3.63) is 22.2 Å². The van der Waals surface area contributed by atoms with Crippen molar-refractivity contribution in [1.82, 2.24) is 0 Å². The van der Waals surface area contributed by atoms with Crippen LogP contribution in [0.15, 0.2) is 16.6 Å². The first kappa shape index (κ1) is 14.3. The van der Waals surface area contributed by atoms with Crippen LogP contribution < -0.4 is 15.2 Å². The first-order chi connectivity index (χ1) is 8.08. The highest BCUT2D eigenvalue weighted by atomic mass is 79.9. The van der Waals surface area contributed by atoms with Crippen LogP contribution in [0.3, 0.4) is 0 Å². The van der Waals surface area contributed by atoms with E-state index in [1.807, 2.05) is 19.1 Å². The van der Waals surface area contributed by atoms with Crippen LogP contribution in [0, 0.1) is 0 Å². The van der Waals surface area contributed by atoms with Gasteiger partial charge in [0.2, 0.25) is 0 Å². The van der Waals surface area contributed by atoms with Gasteiger partial charge in [-0.15, -0.1) is 0 Å². The van der Waals surface area contributed by atoms with Crippen molar-refractivity contribution in [1.29, 1.82) is 0 Å². The summed E-state index contributed by atoms with van der Waals surface area (Å²) >= 11 is 3.42. The molecule has 0 fully saturated rings. The van der Waals surface area contributed by atoms with Gasteiger partial charge in [0, 0.05) is 6.54 Å². The lowest BCUT2D eigenvalue weighted by Crippen LogP contribution is -2.14. The highest BCUT2D eigenvalue weighted by Gasteiger charge is 2.12. The Morgan fingerprint density at radius 1 is 1.41 bits per heavy atom. The maximum atomic E-state index is 9.23. The molecule has 1 unspecified atom stereocenters. The van der Waals surface area contributed by atoms with E-state index in [0.29, 0.717) is 24.7 Å². The second-order valence-electron chi connectivity index (χ2n) is 3.70. The highest BCUT2D eigenvalue weighted by molar-refractivity contribution is 9.10. The zero-order chi connectivity index (χ0) is 12.8. The summed E-state index contributed by atoms with van der Waals surface area (Å²) < 4.78 is 11.8. The van der Waals surface area contributed by atoms with E-state index in [-0.39, 0.29) is 6.61 Å². The molecular weight excluding hydrogens is 286 g/mol. The lowest BCUT2D eigenvalue weighted by Gasteiger charge is -2.15. The minimum Gasteiger partial charge on any atom is -0.490 e. The fraction of sp³-hybridized carbons (Fsp3) is 0.500. The molecule has 0 radical (unpaired) electrons. The Bertz CT molecular complexity index is 369. The van der Waals surface area contributed by atoms with Crippen LogP contribution in [0.2, 0.25) is 0 Å². The minimum absolute atomic E-state index is 0.223. The average molecular weight is 304 g/mol. The van der Waals surface area contributed by atoms with Crippen LogP contribution in [0.5, 0.6) is 11.5 Å². The van der Waals surface area contributed by atoms with Crippen LogP contribution in [-0.4, -0.2) is 24.4 Å². The van der Waals surface area contributed by atoms with Gasteiger partial charge in [-0.2, -0.15) is 0 Å². The number of nitrogens with two attached hydrogens (primary N) is 1. The van der Waals surface area contributed by atoms with E-state index in [1.165, 1.54) is 0 Å². The predicted octanol–water partition coefficient (Wildman–Crippen LogP) is 2.07. The first-order valence-electron chi connectivity index (χ1n) is 5.54. The first-order valence-corrected chi connectivity index (χ1v) is 6.33. The fourth-order valence-electron chi connectivity index (χ4n) is 1.35. The molecule has 0 aromatic heterocycles. The number of benzene rings is 1. The van der Waals surface area contributed by atoms with Gasteiger partial charge in [-0.3, -0.25) is 0 Å². The van der Waals surface area contributed by atoms with Gasteiger partial charge in [-0.25, -0.2) is 0 Å². The number of aliphatic hydroxyl groups excluding tert-OH is 1. The van der Waals surface area contributed by atoms with Gasteiger partial charge >= 0.3 is 0 Å². The Hall–Kier alpha value is -0.780. The molecule has 0 aliphatic rings.